The quantitative estimate of drug-likeness (QED) is 0.759. The topological polar surface area (TPSA) is 84.9 Å². The minimum atomic E-state index is -3.84. The van der Waals surface area contributed by atoms with E-state index < -0.39 is 15.6 Å². The van der Waals surface area contributed by atoms with Crippen LogP contribution in [0.2, 0.25) is 0 Å². The molecule has 1 aromatic carbocycles. The predicted molar refractivity (Wildman–Crippen MR) is 80.3 cm³/mol. The van der Waals surface area contributed by atoms with E-state index in [9.17, 15) is 13.5 Å². The second-order valence-electron chi connectivity index (χ2n) is 4.77. The first-order valence-corrected chi connectivity index (χ1v) is 8.23. The minimum Gasteiger partial charge on any atom is -0.497 e. The van der Waals surface area contributed by atoms with Gasteiger partial charge in [-0.1, -0.05) is 13.8 Å². The molecule has 0 aromatic heterocycles. The smallest absolute Gasteiger partial charge is 0.244 e. The maximum atomic E-state index is 12.6. The average Bonchev–Trinajstić information content (AvgIpc) is 2.52. The monoisotopic (exact) mass is 317 g/mol. The van der Waals surface area contributed by atoms with Crippen LogP contribution in [0.5, 0.6) is 11.5 Å². The summed E-state index contributed by atoms with van der Waals surface area (Å²) in [6, 6.07) is 4.55. The summed E-state index contributed by atoms with van der Waals surface area (Å²) < 4.78 is 38.0. The highest BCUT2D eigenvalue weighted by molar-refractivity contribution is 7.89. The fraction of sp³-hybridized carbons (Fsp3) is 0.571. The van der Waals surface area contributed by atoms with Gasteiger partial charge in [0.25, 0.3) is 0 Å². The third-order valence-electron chi connectivity index (χ3n) is 3.67. The molecule has 0 fully saturated rings. The van der Waals surface area contributed by atoms with Crippen LogP contribution in [-0.2, 0) is 10.0 Å². The first-order valence-electron chi connectivity index (χ1n) is 6.75. The van der Waals surface area contributed by atoms with Gasteiger partial charge >= 0.3 is 0 Å². The molecule has 0 heterocycles. The van der Waals surface area contributed by atoms with Crippen LogP contribution < -0.4 is 14.2 Å². The Balaban J connectivity index is 3.30. The number of hydrogen-bond acceptors (Lipinski definition) is 5. The van der Waals surface area contributed by atoms with Gasteiger partial charge in [0.1, 0.15) is 16.4 Å². The van der Waals surface area contributed by atoms with Crippen LogP contribution in [0.3, 0.4) is 0 Å². The van der Waals surface area contributed by atoms with Crippen molar-refractivity contribution in [2.24, 2.45) is 0 Å². The van der Waals surface area contributed by atoms with Crippen LogP contribution in [0.25, 0.3) is 0 Å². The maximum absolute atomic E-state index is 12.6. The summed E-state index contributed by atoms with van der Waals surface area (Å²) in [6.45, 7) is 3.38. The summed E-state index contributed by atoms with van der Waals surface area (Å²) in [5, 5.41) is 9.53. The summed E-state index contributed by atoms with van der Waals surface area (Å²) >= 11 is 0. The average molecular weight is 317 g/mol. The van der Waals surface area contributed by atoms with Crippen LogP contribution in [0.4, 0.5) is 0 Å². The highest BCUT2D eigenvalue weighted by Gasteiger charge is 2.33. The SMILES string of the molecule is CCC(CC)(CO)NS(=O)(=O)c1cc(OC)ccc1OC. The minimum absolute atomic E-state index is 0.0101. The molecule has 0 aliphatic heterocycles. The number of aliphatic hydroxyl groups excluding tert-OH is 1. The summed E-state index contributed by atoms with van der Waals surface area (Å²) in [5.74, 6) is 0.640. The van der Waals surface area contributed by atoms with E-state index in [0.717, 1.165) is 0 Å². The molecule has 0 amide bonds. The van der Waals surface area contributed by atoms with Crippen molar-refractivity contribution in [3.05, 3.63) is 18.2 Å². The fourth-order valence-corrected chi connectivity index (χ4v) is 3.71. The Morgan fingerprint density at radius 1 is 1.19 bits per heavy atom. The molecule has 0 bridgehead atoms. The van der Waals surface area contributed by atoms with Crippen LogP contribution in [0.1, 0.15) is 26.7 Å². The standard InChI is InChI=1S/C14H23NO5S/c1-5-14(6-2,10-16)15-21(17,18)13-9-11(19-3)7-8-12(13)20-4/h7-9,15-16H,5-6,10H2,1-4H3. The zero-order valence-electron chi connectivity index (χ0n) is 12.8. The first-order chi connectivity index (χ1) is 9.87. The molecule has 0 atom stereocenters. The Bertz CT molecular complexity index is 558. The Hall–Kier alpha value is -1.31. The molecule has 0 aliphatic rings. The molecular formula is C14H23NO5S. The van der Waals surface area contributed by atoms with E-state index in [0.29, 0.717) is 18.6 Å². The molecular weight excluding hydrogens is 294 g/mol. The lowest BCUT2D eigenvalue weighted by Crippen LogP contribution is -2.50. The second-order valence-corrected chi connectivity index (χ2v) is 6.42. The van der Waals surface area contributed by atoms with E-state index in [-0.39, 0.29) is 17.3 Å². The van der Waals surface area contributed by atoms with Crippen molar-refractivity contribution in [3.8, 4) is 11.5 Å². The lowest BCUT2D eigenvalue weighted by Gasteiger charge is -2.30. The van der Waals surface area contributed by atoms with Crippen molar-refractivity contribution in [1.82, 2.24) is 4.72 Å². The molecule has 2 N–H and O–H groups in total. The molecule has 0 saturated heterocycles. The summed E-state index contributed by atoms with van der Waals surface area (Å²) in [5.41, 5.74) is -0.882. The fourth-order valence-electron chi connectivity index (χ4n) is 1.98. The molecule has 21 heavy (non-hydrogen) atoms. The van der Waals surface area contributed by atoms with Gasteiger partial charge in [0.2, 0.25) is 10.0 Å². The van der Waals surface area contributed by atoms with Crippen molar-refractivity contribution in [3.63, 3.8) is 0 Å². The molecule has 1 aromatic rings. The van der Waals surface area contributed by atoms with Gasteiger partial charge in [-0.2, -0.15) is 0 Å². The van der Waals surface area contributed by atoms with Crippen LogP contribution in [0.15, 0.2) is 23.1 Å². The third kappa shape index (κ3) is 3.87. The van der Waals surface area contributed by atoms with Gasteiger partial charge in [-0.25, -0.2) is 13.1 Å². The Morgan fingerprint density at radius 2 is 1.81 bits per heavy atom. The Labute approximate surface area is 126 Å². The highest BCUT2D eigenvalue weighted by Crippen LogP contribution is 2.29. The number of rotatable bonds is 8. The number of benzene rings is 1. The van der Waals surface area contributed by atoms with Crippen LogP contribution in [0, 0.1) is 0 Å². The molecule has 1 rings (SSSR count). The molecule has 0 radical (unpaired) electrons. The second kappa shape index (κ2) is 7.11. The third-order valence-corrected chi connectivity index (χ3v) is 5.27. The number of methoxy groups -OCH3 is 2. The van der Waals surface area contributed by atoms with Crippen molar-refractivity contribution >= 4 is 10.0 Å². The number of nitrogens with one attached hydrogen (secondary N) is 1. The molecule has 0 spiro atoms. The molecule has 120 valence electrons. The van der Waals surface area contributed by atoms with Crippen molar-refractivity contribution in [2.45, 2.75) is 37.1 Å². The van der Waals surface area contributed by atoms with E-state index in [1.165, 1.54) is 26.4 Å². The van der Waals surface area contributed by atoms with Gasteiger partial charge in [0, 0.05) is 6.07 Å². The van der Waals surface area contributed by atoms with Crippen molar-refractivity contribution in [2.75, 3.05) is 20.8 Å². The molecule has 0 saturated carbocycles. The first kappa shape index (κ1) is 17.7. The Kier molecular flexibility index (Phi) is 6.00. The van der Waals surface area contributed by atoms with E-state index in [1.807, 2.05) is 13.8 Å². The Morgan fingerprint density at radius 3 is 2.24 bits per heavy atom. The summed E-state index contributed by atoms with van der Waals surface area (Å²) in [6.07, 6.45) is 0.955. The normalized spacial score (nSPS) is 12.2. The summed E-state index contributed by atoms with van der Waals surface area (Å²) in [4.78, 5) is -0.0101. The number of ether oxygens (including phenoxy) is 2. The lowest BCUT2D eigenvalue weighted by atomic mass is 9.96. The molecule has 6 nitrogen and oxygen atoms in total. The molecule has 0 unspecified atom stereocenters. The van der Waals surface area contributed by atoms with E-state index in [4.69, 9.17) is 9.47 Å². The number of aliphatic hydroxyl groups is 1. The number of sulfonamides is 1. The van der Waals surface area contributed by atoms with Gasteiger partial charge in [0.05, 0.1) is 26.4 Å². The van der Waals surface area contributed by atoms with Gasteiger partial charge in [-0.15, -0.1) is 0 Å². The van der Waals surface area contributed by atoms with Gasteiger partial charge in [0.15, 0.2) is 0 Å². The highest BCUT2D eigenvalue weighted by atomic mass is 32.2. The van der Waals surface area contributed by atoms with Crippen molar-refractivity contribution < 1.29 is 23.0 Å². The number of hydrogen-bond donors (Lipinski definition) is 2. The molecule has 0 aliphatic carbocycles. The zero-order chi connectivity index (χ0) is 16.1. The van der Waals surface area contributed by atoms with Crippen LogP contribution in [-0.4, -0.2) is 39.9 Å². The van der Waals surface area contributed by atoms with E-state index in [1.54, 1.807) is 6.07 Å². The van der Waals surface area contributed by atoms with E-state index in [2.05, 4.69) is 4.72 Å². The lowest BCUT2D eigenvalue weighted by molar-refractivity contribution is 0.172. The van der Waals surface area contributed by atoms with Gasteiger partial charge in [-0.05, 0) is 25.0 Å². The van der Waals surface area contributed by atoms with Gasteiger partial charge in [-0.3, -0.25) is 0 Å². The zero-order valence-corrected chi connectivity index (χ0v) is 13.7. The van der Waals surface area contributed by atoms with Crippen molar-refractivity contribution in [1.29, 1.82) is 0 Å². The van der Waals surface area contributed by atoms with Crippen LogP contribution >= 0.6 is 0 Å². The van der Waals surface area contributed by atoms with E-state index >= 15 is 0 Å². The largest absolute Gasteiger partial charge is 0.497 e. The van der Waals surface area contributed by atoms with Gasteiger partial charge < -0.3 is 14.6 Å². The predicted octanol–water partition coefficient (Wildman–Crippen LogP) is 1.53. The maximum Gasteiger partial charge on any atom is 0.244 e. The summed E-state index contributed by atoms with van der Waals surface area (Å²) in [7, 11) is -0.982. The molecule has 7 heteroatoms.